The second kappa shape index (κ2) is 12.5. The molecule has 3 N–H and O–H groups in total. The Labute approximate surface area is 244 Å². The molecule has 4 rings (SSSR count). The van der Waals surface area contributed by atoms with Crippen molar-refractivity contribution in [3.05, 3.63) is 70.1 Å². The van der Waals surface area contributed by atoms with Gasteiger partial charge in [0.1, 0.15) is 5.00 Å². The molecule has 0 bridgehead atoms. The molecule has 3 aromatic rings. The summed E-state index contributed by atoms with van der Waals surface area (Å²) in [5.74, 6) is 0.197. The Bertz CT molecular complexity index is 1360. The number of hydrogen-bond acceptors (Lipinski definition) is 6. The topological polar surface area (TPSA) is 79.5 Å². The van der Waals surface area contributed by atoms with Crippen LogP contribution in [0.15, 0.2) is 53.4 Å². The van der Waals surface area contributed by atoms with Crippen LogP contribution in [-0.2, 0) is 22.4 Å². The maximum Gasteiger partial charge on any atom is 0.341 e. The van der Waals surface area contributed by atoms with Gasteiger partial charge < -0.3 is 20.7 Å². The number of carbonyl (C=O) groups excluding carboxylic acids is 2. The summed E-state index contributed by atoms with van der Waals surface area (Å²) in [6.07, 6.45) is 2.76. The average Bonchev–Trinajstić information content (AvgIpc) is 3.25. The molecule has 39 heavy (non-hydrogen) atoms. The van der Waals surface area contributed by atoms with E-state index >= 15 is 0 Å². The lowest BCUT2D eigenvalue weighted by molar-refractivity contribution is -0.113. The van der Waals surface area contributed by atoms with Crippen molar-refractivity contribution in [1.29, 1.82) is 0 Å². The highest BCUT2D eigenvalue weighted by atomic mass is 32.2. The maximum absolute atomic E-state index is 13.0. The highest BCUT2D eigenvalue weighted by Crippen LogP contribution is 2.44. The highest BCUT2D eigenvalue weighted by Gasteiger charge is 2.34. The molecule has 1 unspecified atom stereocenters. The van der Waals surface area contributed by atoms with Crippen LogP contribution < -0.4 is 16.0 Å². The number of nitrogens with one attached hydrogen (secondary N) is 3. The summed E-state index contributed by atoms with van der Waals surface area (Å²) in [5.41, 5.74) is 4.67. The molecule has 2 aromatic carbocycles. The van der Waals surface area contributed by atoms with Crippen molar-refractivity contribution in [2.45, 2.75) is 51.9 Å². The van der Waals surface area contributed by atoms with Crippen molar-refractivity contribution < 1.29 is 14.3 Å². The first-order chi connectivity index (χ1) is 18.5. The van der Waals surface area contributed by atoms with Crippen LogP contribution in [0.1, 0.15) is 53.6 Å². The van der Waals surface area contributed by atoms with Crippen LogP contribution in [0, 0.1) is 18.3 Å². The lowest BCUT2D eigenvalue weighted by Gasteiger charge is -2.33. The Balaban J connectivity index is 1.38. The molecule has 0 saturated heterocycles. The Morgan fingerprint density at radius 2 is 1.79 bits per heavy atom. The second-order valence-electron chi connectivity index (χ2n) is 10.8. The van der Waals surface area contributed by atoms with Gasteiger partial charge in [0.2, 0.25) is 5.91 Å². The number of thiocarbonyl (C=S) groups is 1. The predicted octanol–water partition coefficient (Wildman–Crippen LogP) is 7.53. The molecular weight excluding hydrogens is 547 g/mol. The largest absolute Gasteiger partial charge is 0.465 e. The Hall–Kier alpha value is -2.88. The molecule has 6 nitrogen and oxygen atoms in total. The molecule has 206 valence electrons. The molecule has 1 amide bonds. The summed E-state index contributed by atoms with van der Waals surface area (Å²) in [5, 5.41) is 10.5. The zero-order chi connectivity index (χ0) is 28.2. The van der Waals surface area contributed by atoms with Crippen molar-refractivity contribution >= 4 is 68.7 Å². The van der Waals surface area contributed by atoms with E-state index in [-0.39, 0.29) is 17.1 Å². The minimum absolute atomic E-state index is 0.161. The number of fused-ring (bicyclic) bond motifs is 1. The summed E-state index contributed by atoms with van der Waals surface area (Å²) >= 11 is 8.39. The molecule has 0 saturated carbocycles. The van der Waals surface area contributed by atoms with Gasteiger partial charge in [-0.3, -0.25) is 4.79 Å². The maximum atomic E-state index is 13.0. The molecule has 1 aromatic heterocycles. The third-order valence-corrected chi connectivity index (χ3v) is 9.27. The number of ether oxygens (including phenoxy) is 1. The van der Waals surface area contributed by atoms with Gasteiger partial charge in [0, 0.05) is 21.1 Å². The number of carbonyl (C=O) groups is 2. The van der Waals surface area contributed by atoms with E-state index in [2.05, 4.69) is 36.7 Å². The van der Waals surface area contributed by atoms with Crippen LogP contribution in [-0.4, -0.2) is 29.9 Å². The van der Waals surface area contributed by atoms with Gasteiger partial charge in [-0.25, -0.2) is 4.79 Å². The number of rotatable bonds is 7. The van der Waals surface area contributed by atoms with Gasteiger partial charge in [-0.05, 0) is 85.6 Å². The van der Waals surface area contributed by atoms with Gasteiger partial charge >= 0.3 is 5.97 Å². The van der Waals surface area contributed by atoms with E-state index in [1.165, 1.54) is 40.6 Å². The number of thioether (sulfide) groups is 1. The number of esters is 1. The summed E-state index contributed by atoms with van der Waals surface area (Å²) in [6.45, 7) is 8.82. The smallest absolute Gasteiger partial charge is 0.341 e. The molecule has 1 atom stereocenters. The summed E-state index contributed by atoms with van der Waals surface area (Å²) in [4.78, 5) is 27.7. The first kappa shape index (κ1) is 29.1. The molecule has 0 radical (unpaired) electrons. The standard InChI is InChI=1S/C30H35N3O3S3/c1-18-9-12-20(13-10-18)31-29(37)32-21-7-6-8-22(16-21)38-17-25(34)33-27-26(28(35)36-5)23-14-11-19(30(2,3)4)15-24(23)39-27/h6-10,12-13,16,19H,11,14-15,17H2,1-5H3,(H,33,34)(H2,31,32,37). The molecule has 1 aliphatic rings. The van der Waals surface area contributed by atoms with E-state index in [0.29, 0.717) is 21.6 Å². The van der Waals surface area contributed by atoms with Crippen LogP contribution in [0.5, 0.6) is 0 Å². The van der Waals surface area contributed by atoms with Crippen molar-refractivity contribution in [2.75, 3.05) is 28.8 Å². The van der Waals surface area contributed by atoms with Gasteiger partial charge in [0.05, 0.1) is 18.4 Å². The summed E-state index contributed by atoms with van der Waals surface area (Å²) < 4.78 is 5.08. The van der Waals surface area contributed by atoms with Gasteiger partial charge in [-0.15, -0.1) is 23.1 Å². The Morgan fingerprint density at radius 1 is 1.08 bits per heavy atom. The number of methoxy groups -OCH3 is 1. The van der Waals surface area contributed by atoms with Crippen LogP contribution in [0.25, 0.3) is 0 Å². The monoisotopic (exact) mass is 581 g/mol. The molecule has 0 fully saturated rings. The number of thiophene rings is 1. The number of anilines is 3. The first-order valence-corrected chi connectivity index (χ1v) is 15.1. The van der Waals surface area contributed by atoms with Crippen molar-refractivity contribution in [3.63, 3.8) is 0 Å². The molecule has 0 aliphatic heterocycles. The third-order valence-electron chi connectivity index (χ3n) is 6.90. The van der Waals surface area contributed by atoms with E-state index < -0.39 is 5.97 Å². The second-order valence-corrected chi connectivity index (χ2v) is 13.4. The van der Waals surface area contributed by atoms with Crippen molar-refractivity contribution in [2.24, 2.45) is 11.3 Å². The van der Waals surface area contributed by atoms with Gasteiger partial charge in [0.15, 0.2) is 5.11 Å². The lowest BCUT2D eigenvalue weighted by atomic mass is 9.72. The fraction of sp³-hybridized carbons (Fsp3) is 0.367. The molecule has 1 heterocycles. The fourth-order valence-corrected chi connectivity index (χ4v) is 6.96. The summed E-state index contributed by atoms with van der Waals surface area (Å²) in [7, 11) is 1.39. The van der Waals surface area contributed by atoms with E-state index in [4.69, 9.17) is 17.0 Å². The Morgan fingerprint density at radius 3 is 2.49 bits per heavy atom. The quantitative estimate of drug-likeness (QED) is 0.151. The highest BCUT2D eigenvalue weighted by molar-refractivity contribution is 8.00. The van der Waals surface area contributed by atoms with Crippen LogP contribution >= 0.6 is 35.3 Å². The number of amides is 1. The molecule has 0 spiro atoms. The van der Waals surface area contributed by atoms with E-state index in [1.54, 1.807) is 0 Å². The minimum atomic E-state index is -0.390. The Kier molecular flexibility index (Phi) is 9.35. The normalized spacial score (nSPS) is 14.7. The number of aryl methyl sites for hydroxylation is 1. The zero-order valence-electron chi connectivity index (χ0n) is 23.0. The van der Waals surface area contributed by atoms with Crippen LogP contribution in [0.3, 0.4) is 0 Å². The first-order valence-electron chi connectivity index (χ1n) is 12.9. The molecular formula is C30H35N3O3S3. The zero-order valence-corrected chi connectivity index (χ0v) is 25.4. The van der Waals surface area contributed by atoms with Gasteiger partial charge in [0.25, 0.3) is 0 Å². The van der Waals surface area contributed by atoms with Gasteiger partial charge in [-0.1, -0.05) is 44.5 Å². The van der Waals surface area contributed by atoms with Crippen molar-refractivity contribution in [3.8, 4) is 0 Å². The third kappa shape index (κ3) is 7.62. The lowest BCUT2D eigenvalue weighted by Crippen LogP contribution is -2.26. The average molecular weight is 582 g/mol. The minimum Gasteiger partial charge on any atom is -0.465 e. The predicted molar refractivity (Wildman–Crippen MR) is 167 cm³/mol. The van der Waals surface area contributed by atoms with E-state index in [1.807, 2.05) is 55.5 Å². The molecule has 9 heteroatoms. The van der Waals surface area contributed by atoms with E-state index in [0.717, 1.165) is 41.1 Å². The number of benzene rings is 2. The van der Waals surface area contributed by atoms with Crippen molar-refractivity contribution in [1.82, 2.24) is 0 Å². The SMILES string of the molecule is COC(=O)c1c(NC(=O)CSc2cccc(NC(=S)Nc3ccc(C)cc3)c2)sc2c1CCC(C(C)(C)C)C2. The number of hydrogen-bond donors (Lipinski definition) is 3. The fourth-order valence-electron chi connectivity index (χ4n) is 4.64. The van der Waals surface area contributed by atoms with Gasteiger partial charge in [-0.2, -0.15) is 0 Å². The molecule has 1 aliphatic carbocycles. The van der Waals surface area contributed by atoms with Crippen LogP contribution in [0.4, 0.5) is 16.4 Å². The summed E-state index contributed by atoms with van der Waals surface area (Å²) in [6, 6.07) is 15.8. The van der Waals surface area contributed by atoms with E-state index in [9.17, 15) is 9.59 Å². The van der Waals surface area contributed by atoms with Crippen LogP contribution in [0.2, 0.25) is 0 Å².